The van der Waals surface area contributed by atoms with Crippen LogP contribution < -0.4 is 0 Å². The van der Waals surface area contributed by atoms with E-state index in [2.05, 4.69) is 65.6 Å². The fourth-order valence-electron chi connectivity index (χ4n) is 3.13. The number of aromatic nitrogens is 1. The van der Waals surface area contributed by atoms with E-state index in [-0.39, 0.29) is 20.4 Å². The summed E-state index contributed by atoms with van der Waals surface area (Å²) in [6.45, 7) is 0. The zero-order chi connectivity index (χ0) is 13.1. The summed E-state index contributed by atoms with van der Waals surface area (Å²) in [5.74, 6) is 0. The van der Waals surface area contributed by atoms with E-state index in [1.54, 1.807) is 6.80 Å². The molecular formula is C18H11NTe. The third-order valence-electron chi connectivity index (χ3n) is 4.02. The van der Waals surface area contributed by atoms with Crippen LogP contribution in [0, 0.1) is 0 Å². The van der Waals surface area contributed by atoms with Crippen molar-refractivity contribution in [3.63, 3.8) is 0 Å². The summed E-state index contributed by atoms with van der Waals surface area (Å²) < 4.78 is 3.13. The monoisotopic (exact) mass is 371 g/mol. The second-order valence-corrected chi connectivity index (χ2v) is 8.22. The first kappa shape index (κ1) is 11.0. The zero-order valence-corrected chi connectivity index (χ0v) is 13.0. The van der Waals surface area contributed by atoms with Gasteiger partial charge in [-0.3, -0.25) is 0 Å². The zero-order valence-electron chi connectivity index (χ0n) is 10.7. The Bertz CT molecular complexity index is 1100. The van der Waals surface area contributed by atoms with Crippen LogP contribution in [0.5, 0.6) is 0 Å². The first-order valence-electron chi connectivity index (χ1n) is 6.72. The molecule has 0 atom stereocenters. The van der Waals surface area contributed by atoms with Gasteiger partial charge in [0.05, 0.1) is 0 Å². The summed E-state index contributed by atoms with van der Waals surface area (Å²) >= 11 is -0.217. The Morgan fingerprint density at radius 3 is 2.40 bits per heavy atom. The van der Waals surface area contributed by atoms with Crippen molar-refractivity contribution < 1.29 is 0 Å². The number of benzene rings is 3. The van der Waals surface area contributed by atoms with Gasteiger partial charge in [0.2, 0.25) is 0 Å². The van der Waals surface area contributed by atoms with Crippen LogP contribution >= 0.6 is 0 Å². The maximum atomic E-state index is 3.64. The third kappa shape index (κ3) is 1.33. The van der Waals surface area contributed by atoms with Gasteiger partial charge in [0.15, 0.2) is 0 Å². The molecule has 1 N–H and O–H groups in total. The minimum absolute atomic E-state index is 0.217. The summed E-state index contributed by atoms with van der Waals surface area (Å²) in [4.78, 5) is 3.64. The van der Waals surface area contributed by atoms with Crippen molar-refractivity contribution in [2.75, 3.05) is 0 Å². The SMILES string of the molecule is c1ccc2c(c1)[nH]c1c2ccc2[te]c3ccccc3c21. The molecule has 0 saturated carbocycles. The van der Waals surface area contributed by atoms with Crippen LogP contribution in [-0.4, -0.2) is 25.4 Å². The van der Waals surface area contributed by atoms with Crippen molar-refractivity contribution in [2.24, 2.45) is 0 Å². The predicted octanol–water partition coefficient (Wildman–Crippen LogP) is 4.68. The molecule has 0 saturated heterocycles. The van der Waals surface area contributed by atoms with Crippen LogP contribution in [0.1, 0.15) is 0 Å². The van der Waals surface area contributed by atoms with E-state index in [0.717, 1.165) is 0 Å². The minimum atomic E-state index is -0.217. The van der Waals surface area contributed by atoms with Crippen molar-refractivity contribution in [2.45, 2.75) is 0 Å². The molecule has 2 aromatic heterocycles. The Morgan fingerprint density at radius 2 is 1.45 bits per heavy atom. The van der Waals surface area contributed by atoms with Gasteiger partial charge in [0.1, 0.15) is 0 Å². The predicted molar refractivity (Wildman–Crippen MR) is 87.8 cm³/mol. The van der Waals surface area contributed by atoms with Gasteiger partial charge < -0.3 is 0 Å². The number of aromatic amines is 1. The van der Waals surface area contributed by atoms with E-state index in [4.69, 9.17) is 0 Å². The summed E-state index contributed by atoms with van der Waals surface area (Å²) in [6, 6.07) is 22.1. The molecule has 0 bridgehead atoms. The van der Waals surface area contributed by atoms with E-state index in [1.165, 1.54) is 32.6 Å². The quantitative estimate of drug-likeness (QED) is 0.382. The summed E-state index contributed by atoms with van der Waals surface area (Å²) in [6.07, 6.45) is 0. The van der Waals surface area contributed by atoms with Gasteiger partial charge >= 0.3 is 125 Å². The van der Waals surface area contributed by atoms with Gasteiger partial charge in [-0.2, -0.15) is 0 Å². The van der Waals surface area contributed by atoms with Crippen LogP contribution in [0.15, 0.2) is 60.7 Å². The molecule has 1 nitrogen and oxygen atoms in total. The maximum absolute atomic E-state index is 3.64. The van der Waals surface area contributed by atoms with Crippen molar-refractivity contribution in [1.82, 2.24) is 4.98 Å². The molecule has 0 aliphatic carbocycles. The molecule has 5 aromatic rings. The number of hydrogen-bond acceptors (Lipinski definition) is 0. The second kappa shape index (κ2) is 3.88. The Morgan fingerprint density at radius 1 is 0.650 bits per heavy atom. The molecule has 2 heterocycles. The molecule has 0 fully saturated rings. The Kier molecular flexibility index (Phi) is 2.13. The van der Waals surface area contributed by atoms with Crippen LogP contribution in [0.25, 0.3) is 39.4 Å². The molecule has 0 aliphatic heterocycles. The Balaban J connectivity index is 2.14. The number of hydrogen-bond donors (Lipinski definition) is 1. The molecule has 2 heteroatoms. The molecule has 0 amide bonds. The van der Waals surface area contributed by atoms with Gasteiger partial charge in [-0.05, 0) is 0 Å². The van der Waals surface area contributed by atoms with Crippen molar-refractivity contribution in [3.8, 4) is 0 Å². The van der Waals surface area contributed by atoms with Gasteiger partial charge in [-0.1, -0.05) is 0 Å². The van der Waals surface area contributed by atoms with Gasteiger partial charge in [-0.15, -0.1) is 0 Å². The molecule has 0 spiro atoms. The molecule has 20 heavy (non-hydrogen) atoms. The van der Waals surface area contributed by atoms with E-state index < -0.39 is 0 Å². The topological polar surface area (TPSA) is 15.8 Å². The fourth-order valence-corrected chi connectivity index (χ4v) is 6.31. The van der Waals surface area contributed by atoms with E-state index in [1.807, 2.05) is 0 Å². The van der Waals surface area contributed by atoms with Gasteiger partial charge in [0, 0.05) is 0 Å². The first-order chi connectivity index (χ1) is 9.92. The number of H-pyrrole nitrogens is 1. The normalized spacial score (nSPS) is 12.0. The summed E-state index contributed by atoms with van der Waals surface area (Å²) in [5.41, 5.74) is 2.56. The average molecular weight is 369 g/mol. The molecule has 0 unspecified atom stereocenters. The summed E-state index contributed by atoms with van der Waals surface area (Å²) in [7, 11) is 0. The molecule has 5 rings (SSSR count). The third-order valence-corrected chi connectivity index (χ3v) is 7.26. The van der Waals surface area contributed by atoms with E-state index >= 15 is 0 Å². The van der Waals surface area contributed by atoms with Crippen molar-refractivity contribution in [3.05, 3.63) is 60.7 Å². The van der Waals surface area contributed by atoms with Gasteiger partial charge in [-0.25, -0.2) is 0 Å². The Labute approximate surface area is 125 Å². The van der Waals surface area contributed by atoms with E-state index in [0.29, 0.717) is 0 Å². The second-order valence-electron chi connectivity index (χ2n) is 5.13. The molecular weight excluding hydrogens is 358 g/mol. The number of para-hydroxylation sites is 1. The molecule has 94 valence electrons. The molecule has 3 aromatic carbocycles. The van der Waals surface area contributed by atoms with Crippen LogP contribution in [0.4, 0.5) is 0 Å². The molecule has 0 radical (unpaired) electrons. The number of nitrogens with one attached hydrogen (secondary N) is 1. The number of fused-ring (bicyclic) bond motifs is 7. The van der Waals surface area contributed by atoms with E-state index in [9.17, 15) is 0 Å². The van der Waals surface area contributed by atoms with Crippen molar-refractivity contribution >= 4 is 59.8 Å². The van der Waals surface area contributed by atoms with Crippen LogP contribution in [0.3, 0.4) is 0 Å². The Hall–Kier alpha value is -1.75. The van der Waals surface area contributed by atoms with Gasteiger partial charge in [0.25, 0.3) is 0 Å². The van der Waals surface area contributed by atoms with Crippen molar-refractivity contribution in [1.29, 1.82) is 0 Å². The standard InChI is InChI=1S/C18H11NTe/c1-3-7-14-11(5-1)12-9-10-16-17(18(12)19-14)13-6-2-4-8-15(13)20-16/h1-10,19H. The molecule has 0 aliphatic rings. The number of rotatable bonds is 0. The summed E-state index contributed by atoms with van der Waals surface area (Å²) in [5, 5.41) is 5.58. The van der Waals surface area contributed by atoms with Crippen LogP contribution in [0.2, 0.25) is 0 Å². The van der Waals surface area contributed by atoms with Crippen LogP contribution in [-0.2, 0) is 0 Å². The average Bonchev–Trinajstić information content (AvgIpc) is 3.04. The first-order valence-corrected chi connectivity index (χ1v) is 9.05. The fraction of sp³-hybridized carbons (Fsp3) is 0.